The summed E-state index contributed by atoms with van der Waals surface area (Å²) in [7, 11) is 0. The molecule has 1 atom stereocenters. The number of hydrogen-bond acceptors (Lipinski definition) is 2. The smallest absolute Gasteiger partial charge is 0.129 e. The van der Waals surface area contributed by atoms with Gasteiger partial charge in [-0.2, -0.15) is 0 Å². The van der Waals surface area contributed by atoms with E-state index >= 15 is 0 Å². The van der Waals surface area contributed by atoms with Crippen LogP contribution < -0.4 is 10.1 Å². The van der Waals surface area contributed by atoms with Crippen LogP contribution in [0.2, 0.25) is 0 Å². The molecular weight excluding hydrogens is 282 g/mol. The van der Waals surface area contributed by atoms with E-state index in [4.69, 9.17) is 4.74 Å². The molecule has 0 bridgehead atoms. The summed E-state index contributed by atoms with van der Waals surface area (Å²) in [5.74, 6) is 1.47. The van der Waals surface area contributed by atoms with Gasteiger partial charge in [0, 0.05) is 19.0 Å². The summed E-state index contributed by atoms with van der Waals surface area (Å²) in [6.07, 6.45) is 0.101. The third kappa shape index (κ3) is 2.95. The molecule has 1 aliphatic heterocycles. The normalized spacial score (nSPS) is 16.0. The highest BCUT2D eigenvalue weighted by atomic mass is 16.5. The molecule has 3 aromatic rings. The molecule has 116 valence electrons. The second-order valence-corrected chi connectivity index (χ2v) is 6.38. The first-order chi connectivity index (χ1) is 11.3. The molecule has 0 spiro atoms. The van der Waals surface area contributed by atoms with E-state index < -0.39 is 0 Å². The first kappa shape index (κ1) is 14.3. The van der Waals surface area contributed by atoms with Crippen LogP contribution in [0, 0.1) is 12.8 Å². The Morgan fingerprint density at radius 2 is 1.65 bits per heavy atom. The minimum Gasteiger partial charge on any atom is -0.485 e. The lowest BCUT2D eigenvalue weighted by Gasteiger charge is -2.35. The molecule has 1 saturated heterocycles. The molecule has 0 saturated carbocycles. The van der Waals surface area contributed by atoms with Crippen molar-refractivity contribution in [3.63, 3.8) is 0 Å². The van der Waals surface area contributed by atoms with Gasteiger partial charge >= 0.3 is 0 Å². The highest BCUT2D eigenvalue weighted by molar-refractivity contribution is 5.83. The highest BCUT2D eigenvalue weighted by Gasteiger charge is 2.30. The number of aryl methyl sites for hydroxylation is 1. The van der Waals surface area contributed by atoms with Crippen molar-refractivity contribution in [3.8, 4) is 5.75 Å². The zero-order chi connectivity index (χ0) is 15.6. The molecule has 2 nitrogen and oxygen atoms in total. The van der Waals surface area contributed by atoms with Gasteiger partial charge in [0.2, 0.25) is 0 Å². The van der Waals surface area contributed by atoms with Gasteiger partial charge < -0.3 is 10.1 Å². The zero-order valence-corrected chi connectivity index (χ0v) is 13.3. The summed E-state index contributed by atoms with van der Waals surface area (Å²) in [5.41, 5.74) is 2.51. The Morgan fingerprint density at radius 3 is 2.35 bits per heavy atom. The molecule has 4 rings (SSSR count). The fourth-order valence-electron chi connectivity index (χ4n) is 3.11. The minimum atomic E-state index is 0.101. The number of rotatable bonds is 4. The fraction of sp³-hybridized carbons (Fsp3) is 0.238. The van der Waals surface area contributed by atoms with Crippen molar-refractivity contribution >= 4 is 10.8 Å². The van der Waals surface area contributed by atoms with Crippen LogP contribution in [0.15, 0.2) is 66.7 Å². The van der Waals surface area contributed by atoms with Gasteiger partial charge in [-0.3, -0.25) is 0 Å². The van der Waals surface area contributed by atoms with Crippen molar-refractivity contribution in [2.75, 3.05) is 13.1 Å². The molecule has 0 amide bonds. The predicted molar refractivity (Wildman–Crippen MR) is 94.9 cm³/mol. The van der Waals surface area contributed by atoms with Gasteiger partial charge in [0.1, 0.15) is 11.9 Å². The summed E-state index contributed by atoms with van der Waals surface area (Å²) >= 11 is 0. The number of hydrogen-bond donors (Lipinski definition) is 1. The SMILES string of the molecule is Cc1ccc(OC(c2ccc3ccccc3c2)C2CNC2)cc1. The molecule has 1 aliphatic rings. The molecule has 0 aromatic heterocycles. The molecule has 3 aromatic carbocycles. The van der Waals surface area contributed by atoms with Crippen LogP contribution >= 0.6 is 0 Å². The van der Waals surface area contributed by atoms with E-state index in [1.165, 1.54) is 21.9 Å². The van der Waals surface area contributed by atoms with Crippen molar-refractivity contribution in [1.29, 1.82) is 0 Å². The Kier molecular flexibility index (Phi) is 3.76. The molecule has 1 unspecified atom stereocenters. The van der Waals surface area contributed by atoms with Gasteiger partial charge in [-0.1, -0.05) is 54.1 Å². The van der Waals surface area contributed by atoms with E-state index in [1.54, 1.807) is 0 Å². The molecule has 2 heteroatoms. The second kappa shape index (κ2) is 6.05. The monoisotopic (exact) mass is 303 g/mol. The number of fused-ring (bicyclic) bond motifs is 1. The molecule has 1 N–H and O–H groups in total. The summed E-state index contributed by atoms with van der Waals surface area (Å²) < 4.78 is 6.37. The van der Waals surface area contributed by atoms with Crippen LogP contribution in [-0.4, -0.2) is 13.1 Å². The van der Waals surface area contributed by atoms with Crippen molar-refractivity contribution < 1.29 is 4.74 Å². The Labute approximate surface area is 137 Å². The average molecular weight is 303 g/mol. The summed E-state index contributed by atoms with van der Waals surface area (Å²) in [6.45, 7) is 4.13. The topological polar surface area (TPSA) is 21.3 Å². The highest BCUT2D eigenvalue weighted by Crippen LogP contribution is 2.32. The van der Waals surface area contributed by atoms with E-state index in [2.05, 4.69) is 79.0 Å². The van der Waals surface area contributed by atoms with E-state index in [1.807, 2.05) is 0 Å². The van der Waals surface area contributed by atoms with Gasteiger partial charge in [-0.05, 0) is 41.5 Å². The Bertz CT molecular complexity index is 805. The first-order valence-electron chi connectivity index (χ1n) is 8.22. The molecule has 0 aliphatic carbocycles. The Hall–Kier alpha value is -2.32. The van der Waals surface area contributed by atoms with Gasteiger partial charge in [-0.15, -0.1) is 0 Å². The molecule has 23 heavy (non-hydrogen) atoms. The summed E-state index contributed by atoms with van der Waals surface area (Å²) in [4.78, 5) is 0. The van der Waals surface area contributed by atoms with Gasteiger partial charge in [-0.25, -0.2) is 0 Å². The molecule has 0 radical (unpaired) electrons. The lowest BCUT2D eigenvalue weighted by atomic mass is 9.89. The van der Waals surface area contributed by atoms with Gasteiger partial charge in [0.05, 0.1) is 0 Å². The molecular formula is C21H21NO. The van der Waals surface area contributed by atoms with Crippen molar-refractivity contribution in [3.05, 3.63) is 77.9 Å². The zero-order valence-electron chi connectivity index (χ0n) is 13.3. The summed E-state index contributed by atoms with van der Waals surface area (Å²) in [5, 5.41) is 5.91. The maximum Gasteiger partial charge on any atom is 0.129 e. The van der Waals surface area contributed by atoms with E-state index in [0.29, 0.717) is 5.92 Å². The van der Waals surface area contributed by atoms with Crippen LogP contribution in [0.3, 0.4) is 0 Å². The Morgan fingerprint density at radius 1 is 0.913 bits per heavy atom. The van der Waals surface area contributed by atoms with Crippen molar-refractivity contribution in [2.45, 2.75) is 13.0 Å². The van der Waals surface area contributed by atoms with E-state index in [9.17, 15) is 0 Å². The van der Waals surface area contributed by atoms with Crippen LogP contribution in [0.5, 0.6) is 5.75 Å². The standard InChI is InChI=1S/C21H21NO/c1-15-6-10-20(11-7-15)23-21(19-13-22-14-19)18-9-8-16-4-2-3-5-17(16)12-18/h2-12,19,21-22H,13-14H2,1H3. The quantitative estimate of drug-likeness (QED) is 0.767. The minimum absolute atomic E-state index is 0.101. The molecule has 1 heterocycles. The Balaban J connectivity index is 1.67. The van der Waals surface area contributed by atoms with E-state index in [-0.39, 0.29) is 6.10 Å². The fourth-order valence-corrected chi connectivity index (χ4v) is 3.11. The van der Waals surface area contributed by atoms with Crippen LogP contribution in [-0.2, 0) is 0 Å². The van der Waals surface area contributed by atoms with Gasteiger partial charge in [0.15, 0.2) is 0 Å². The molecule has 1 fully saturated rings. The summed E-state index contributed by atoms with van der Waals surface area (Å²) in [6, 6.07) is 23.5. The second-order valence-electron chi connectivity index (χ2n) is 6.38. The largest absolute Gasteiger partial charge is 0.485 e. The van der Waals surface area contributed by atoms with Crippen LogP contribution in [0.1, 0.15) is 17.2 Å². The predicted octanol–water partition coefficient (Wildman–Crippen LogP) is 4.49. The lowest BCUT2D eigenvalue weighted by Crippen LogP contribution is -2.46. The number of ether oxygens (including phenoxy) is 1. The van der Waals surface area contributed by atoms with Crippen LogP contribution in [0.4, 0.5) is 0 Å². The lowest BCUT2D eigenvalue weighted by molar-refractivity contribution is 0.0994. The van der Waals surface area contributed by atoms with Crippen molar-refractivity contribution in [2.24, 2.45) is 5.92 Å². The van der Waals surface area contributed by atoms with E-state index in [0.717, 1.165) is 18.8 Å². The third-order valence-corrected chi connectivity index (χ3v) is 4.63. The van der Waals surface area contributed by atoms with Crippen LogP contribution in [0.25, 0.3) is 10.8 Å². The maximum absolute atomic E-state index is 6.37. The van der Waals surface area contributed by atoms with Gasteiger partial charge in [0.25, 0.3) is 0 Å². The average Bonchev–Trinajstić information content (AvgIpc) is 2.54. The number of benzene rings is 3. The first-order valence-corrected chi connectivity index (χ1v) is 8.22. The third-order valence-electron chi connectivity index (χ3n) is 4.63. The number of nitrogens with one attached hydrogen (secondary N) is 1. The maximum atomic E-state index is 6.37. The van der Waals surface area contributed by atoms with Crippen molar-refractivity contribution in [1.82, 2.24) is 5.32 Å².